The van der Waals surface area contributed by atoms with Crippen LogP contribution < -0.4 is 5.32 Å². The molecule has 1 fully saturated rings. The van der Waals surface area contributed by atoms with Crippen LogP contribution in [0.4, 0.5) is 0 Å². The van der Waals surface area contributed by atoms with Crippen LogP contribution in [0.15, 0.2) is 0 Å². The standard InChI is InChI=1S/C9H19N/c1-8-7-9(8,2)5-4-6-10-3/h8,10H,4-7H2,1-3H3. The van der Waals surface area contributed by atoms with Crippen LogP contribution in [0.5, 0.6) is 0 Å². The van der Waals surface area contributed by atoms with Crippen molar-refractivity contribution >= 4 is 0 Å². The fourth-order valence-corrected chi connectivity index (χ4v) is 1.66. The van der Waals surface area contributed by atoms with Crippen molar-refractivity contribution in [3.05, 3.63) is 0 Å². The average Bonchev–Trinajstić information content (AvgIpc) is 2.42. The van der Waals surface area contributed by atoms with Crippen LogP contribution in [0.1, 0.15) is 33.1 Å². The van der Waals surface area contributed by atoms with Crippen LogP contribution in [-0.2, 0) is 0 Å². The summed E-state index contributed by atoms with van der Waals surface area (Å²) in [6, 6.07) is 0. The Bertz CT molecular complexity index is 111. The predicted molar refractivity (Wildman–Crippen MR) is 45.0 cm³/mol. The monoisotopic (exact) mass is 141 g/mol. The van der Waals surface area contributed by atoms with Gasteiger partial charge >= 0.3 is 0 Å². The molecular weight excluding hydrogens is 122 g/mol. The molecule has 0 aliphatic heterocycles. The van der Waals surface area contributed by atoms with Crippen LogP contribution in [0.25, 0.3) is 0 Å². The van der Waals surface area contributed by atoms with Crippen molar-refractivity contribution in [3.63, 3.8) is 0 Å². The molecule has 1 nitrogen and oxygen atoms in total. The summed E-state index contributed by atoms with van der Waals surface area (Å²) in [6.07, 6.45) is 4.21. The first-order valence-corrected chi connectivity index (χ1v) is 4.33. The fraction of sp³-hybridized carbons (Fsp3) is 1.00. The highest BCUT2D eigenvalue weighted by Gasteiger charge is 2.45. The molecule has 1 saturated carbocycles. The number of rotatable bonds is 4. The van der Waals surface area contributed by atoms with E-state index in [2.05, 4.69) is 19.2 Å². The highest BCUT2D eigenvalue weighted by atomic mass is 14.8. The topological polar surface area (TPSA) is 12.0 Å². The van der Waals surface area contributed by atoms with E-state index >= 15 is 0 Å². The molecule has 0 spiro atoms. The highest BCUT2D eigenvalue weighted by molar-refractivity contribution is 4.95. The van der Waals surface area contributed by atoms with Gasteiger partial charge in [0.05, 0.1) is 0 Å². The van der Waals surface area contributed by atoms with Crippen LogP contribution >= 0.6 is 0 Å². The molecule has 0 saturated heterocycles. The molecule has 1 N–H and O–H groups in total. The average molecular weight is 141 g/mol. The molecule has 1 aliphatic rings. The third-order valence-corrected chi connectivity index (χ3v) is 2.98. The zero-order valence-electron chi connectivity index (χ0n) is 7.41. The quantitative estimate of drug-likeness (QED) is 0.591. The number of hydrogen-bond acceptors (Lipinski definition) is 1. The zero-order chi connectivity index (χ0) is 7.61. The highest BCUT2D eigenvalue weighted by Crippen LogP contribution is 2.54. The molecule has 2 unspecified atom stereocenters. The Morgan fingerprint density at radius 2 is 2.20 bits per heavy atom. The van der Waals surface area contributed by atoms with E-state index in [0.29, 0.717) is 0 Å². The normalized spacial score (nSPS) is 38.1. The Morgan fingerprint density at radius 1 is 1.60 bits per heavy atom. The lowest BCUT2D eigenvalue weighted by molar-refractivity contribution is 0.451. The van der Waals surface area contributed by atoms with Crippen LogP contribution in [0.3, 0.4) is 0 Å². The van der Waals surface area contributed by atoms with E-state index in [1.807, 2.05) is 7.05 Å². The van der Waals surface area contributed by atoms with E-state index in [9.17, 15) is 0 Å². The van der Waals surface area contributed by atoms with E-state index in [0.717, 1.165) is 11.3 Å². The van der Waals surface area contributed by atoms with E-state index in [4.69, 9.17) is 0 Å². The summed E-state index contributed by atoms with van der Waals surface area (Å²) >= 11 is 0. The summed E-state index contributed by atoms with van der Waals surface area (Å²) in [5, 5.41) is 3.18. The molecule has 0 heterocycles. The van der Waals surface area contributed by atoms with Gasteiger partial charge in [0, 0.05) is 0 Å². The van der Waals surface area contributed by atoms with Crippen LogP contribution in [0.2, 0.25) is 0 Å². The molecule has 60 valence electrons. The van der Waals surface area contributed by atoms with Gasteiger partial charge in [-0.15, -0.1) is 0 Å². The third-order valence-electron chi connectivity index (χ3n) is 2.98. The maximum absolute atomic E-state index is 3.18. The van der Waals surface area contributed by atoms with Gasteiger partial charge in [-0.1, -0.05) is 13.8 Å². The minimum atomic E-state index is 0.719. The molecule has 1 aliphatic carbocycles. The molecule has 0 bridgehead atoms. The Hall–Kier alpha value is -0.0400. The smallest absolute Gasteiger partial charge is 0.00517 e. The molecule has 1 heteroatoms. The first-order chi connectivity index (χ1) is 4.69. The van der Waals surface area contributed by atoms with Gasteiger partial charge in [0.2, 0.25) is 0 Å². The van der Waals surface area contributed by atoms with Crippen LogP contribution in [-0.4, -0.2) is 13.6 Å². The molecular formula is C9H19N. The number of nitrogens with one attached hydrogen (secondary N) is 1. The van der Waals surface area contributed by atoms with Gasteiger partial charge in [-0.25, -0.2) is 0 Å². The second kappa shape index (κ2) is 2.91. The summed E-state index contributed by atoms with van der Waals surface area (Å²) < 4.78 is 0. The predicted octanol–water partition coefficient (Wildman–Crippen LogP) is 2.03. The van der Waals surface area contributed by atoms with Crippen molar-refractivity contribution in [1.82, 2.24) is 5.32 Å². The maximum atomic E-state index is 3.18. The molecule has 0 aromatic heterocycles. The summed E-state index contributed by atoms with van der Waals surface area (Å²) in [7, 11) is 2.03. The van der Waals surface area contributed by atoms with Gasteiger partial charge in [0.25, 0.3) is 0 Å². The van der Waals surface area contributed by atoms with E-state index in [1.165, 1.54) is 25.8 Å². The Balaban J connectivity index is 2.03. The van der Waals surface area contributed by atoms with Gasteiger partial charge in [0.15, 0.2) is 0 Å². The SMILES string of the molecule is CNCCCC1(C)CC1C. The molecule has 2 atom stereocenters. The first kappa shape index (κ1) is 8.06. The van der Waals surface area contributed by atoms with Crippen molar-refractivity contribution in [2.45, 2.75) is 33.1 Å². The molecule has 10 heavy (non-hydrogen) atoms. The Labute approximate surface area is 64.2 Å². The summed E-state index contributed by atoms with van der Waals surface area (Å²) in [6.45, 7) is 5.95. The van der Waals surface area contributed by atoms with Gasteiger partial charge in [0.1, 0.15) is 0 Å². The Morgan fingerprint density at radius 3 is 2.60 bits per heavy atom. The van der Waals surface area contributed by atoms with Crippen molar-refractivity contribution in [2.75, 3.05) is 13.6 Å². The van der Waals surface area contributed by atoms with Crippen molar-refractivity contribution in [3.8, 4) is 0 Å². The van der Waals surface area contributed by atoms with Crippen LogP contribution in [0, 0.1) is 11.3 Å². The fourth-order valence-electron chi connectivity index (χ4n) is 1.66. The summed E-state index contributed by atoms with van der Waals surface area (Å²) in [5.41, 5.74) is 0.719. The zero-order valence-corrected chi connectivity index (χ0v) is 7.41. The molecule has 0 aromatic carbocycles. The molecule has 1 rings (SSSR count). The van der Waals surface area contributed by atoms with Gasteiger partial charge in [-0.2, -0.15) is 0 Å². The lowest BCUT2D eigenvalue weighted by atomic mass is 10.0. The van der Waals surface area contributed by atoms with E-state index in [-0.39, 0.29) is 0 Å². The van der Waals surface area contributed by atoms with E-state index in [1.54, 1.807) is 0 Å². The third kappa shape index (κ3) is 1.72. The van der Waals surface area contributed by atoms with Crippen molar-refractivity contribution < 1.29 is 0 Å². The second-order valence-corrected chi connectivity index (χ2v) is 3.97. The van der Waals surface area contributed by atoms with Crippen molar-refractivity contribution in [2.24, 2.45) is 11.3 Å². The molecule has 0 aromatic rings. The lowest BCUT2D eigenvalue weighted by Crippen LogP contribution is -2.09. The minimum Gasteiger partial charge on any atom is -0.320 e. The summed E-state index contributed by atoms with van der Waals surface area (Å²) in [5.74, 6) is 0.990. The van der Waals surface area contributed by atoms with Gasteiger partial charge < -0.3 is 5.32 Å². The van der Waals surface area contributed by atoms with Gasteiger partial charge in [-0.3, -0.25) is 0 Å². The maximum Gasteiger partial charge on any atom is -0.00517 e. The molecule has 0 amide bonds. The minimum absolute atomic E-state index is 0.719. The van der Waals surface area contributed by atoms with E-state index < -0.39 is 0 Å². The van der Waals surface area contributed by atoms with Crippen molar-refractivity contribution in [1.29, 1.82) is 0 Å². The Kier molecular flexibility index (Phi) is 2.35. The largest absolute Gasteiger partial charge is 0.320 e. The number of hydrogen-bond donors (Lipinski definition) is 1. The van der Waals surface area contributed by atoms with Gasteiger partial charge in [-0.05, 0) is 44.2 Å². The molecule has 0 radical (unpaired) electrons. The second-order valence-electron chi connectivity index (χ2n) is 3.97. The first-order valence-electron chi connectivity index (χ1n) is 4.33. The lowest BCUT2D eigenvalue weighted by Gasteiger charge is -2.07. The summed E-state index contributed by atoms with van der Waals surface area (Å²) in [4.78, 5) is 0.